The summed E-state index contributed by atoms with van der Waals surface area (Å²) in [5.74, 6) is -0.558. The van der Waals surface area contributed by atoms with Gasteiger partial charge in [-0.25, -0.2) is 4.57 Å². The normalized spacial score (nSPS) is 24.1. The van der Waals surface area contributed by atoms with Crippen molar-refractivity contribution in [3.05, 3.63) is 0 Å². The van der Waals surface area contributed by atoms with Gasteiger partial charge in [0, 0.05) is 0 Å². The maximum absolute atomic E-state index is 13.0. The van der Waals surface area contributed by atoms with Crippen molar-refractivity contribution >= 4 is 13.7 Å². The van der Waals surface area contributed by atoms with Crippen LogP contribution in [0.1, 0.15) is 200 Å². The van der Waals surface area contributed by atoms with Crippen LogP contribution in [0.2, 0.25) is 0 Å². The number of aliphatic hydroxyl groups is 7. The van der Waals surface area contributed by atoms with Crippen LogP contribution in [0.15, 0.2) is 0 Å². The lowest BCUT2D eigenvalue weighted by Gasteiger charge is -2.41. The second-order valence-corrected chi connectivity index (χ2v) is 17.9. The molecule has 1 amide bonds. The molecule has 0 spiro atoms. The number of nitrogens with one attached hydrogen (secondary N) is 1. The average Bonchev–Trinajstić information content (AvgIpc) is 3.17. The molecule has 0 aromatic rings. The Morgan fingerprint density at radius 1 is 0.554 bits per heavy atom. The van der Waals surface area contributed by atoms with E-state index in [-0.39, 0.29) is 12.8 Å². The van der Waals surface area contributed by atoms with Gasteiger partial charge in [-0.1, -0.05) is 181 Å². The van der Waals surface area contributed by atoms with Gasteiger partial charge >= 0.3 is 7.82 Å². The number of unbranched alkanes of at least 4 members (excludes halogenated alkanes) is 24. The Morgan fingerprint density at radius 2 is 0.893 bits per heavy atom. The van der Waals surface area contributed by atoms with E-state index >= 15 is 0 Å². The Balaban J connectivity index is 2.51. The van der Waals surface area contributed by atoms with E-state index < -0.39 is 75.2 Å². The zero-order valence-corrected chi connectivity index (χ0v) is 36.0. The van der Waals surface area contributed by atoms with Gasteiger partial charge in [0.2, 0.25) is 5.91 Å². The first-order chi connectivity index (χ1) is 26.8. The molecule has 9 N–H and O–H groups in total. The summed E-state index contributed by atoms with van der Waals surface area (Å²) in [6.07, 6.45) is 17.3. The SMILES string of the molecule is CCCCCCCCCCCCCCCCCC(O)CC(=O)NC(COP(=O)(O)OC1C(O)C(O)C(O)C(O)C1O)C(O)CCCCCCCCCCCCC. The molecule has 1 saturated carbocycles. The van der Waals surface area contributed by atoms with E-state index in [0.29, 0.717) is 12.8 Å². The van der Waals surface area contributed by atoms with Gasteiger partial charge in [0.15, 0.2) is 0 Å². The number of rotatable bonds is 37. The average molecular weight is 826 g/mol. The van der Waals surface area contributed by atoms with Crippen molar-refractivity contribution in [3.8, 4) is 0 Å². The Kier molecular flexibility index (Phi) is 31.5. The molecule has 0 saturated heterocycles. The van der Waals surface area contributed by atoms with Gasteiger partial charge in [0.1, 0.15) is 36.6 Å². The molecule has 0 heterocycles. The molecule has 0 aromatic carbocycles. The second-order valence-electron chi connectivity index (χ2n) is 16.4. The van der Waals surface area contributed by atoms with Crippen LogP contribution >= 0.6 is 7.82 Å². The number of amides is 1. The quantitative estimate of drug-likeness (QED) is 0.0231. The second kappa shape index (κ2) is 33.1. The molecule has 14 heteroatoms. The highest BCUT2D eigenvalue weighted by molar-refractivity contribution is 7.47. The lowest BCUT2D eigenvalue weighted by atomic mass is 9.85. The number of carbonyl (C=O) groups excluding carboxylic acids is 1. The molecule has 334 valence electrons. The van der Waals surface area contributed by atoms with Crippen molar-refractivity contribution in [3.63, 3.8) is 0 Å². The molecule has 0 radical (unpaired) electrons. The minimum Gasteiger partial charge on any atom is -0.393 e. The number of aliphatic hydroxyl groups excluding tert-OH is 7. The van der Waals surface area contributed by atoms with Crippen LogP contribution in [0.3, 0.4) is 0 Å². The topological polar surface area (TPSA) is 226 Å². The lowest BCUT2D eigenvalue weighted by molar-refractivity contribution is -0.220. The molecule has 0 aliphatic heterocycles. The monoisotopic (exact) mass is 826 g/mol. The maximum atomic E-state index is 13.0. The fourth-order valence-electron chi connectivity index (χ4n) is 7.48. The molecule has 8 unspecified atom stereocenters. The molecule has 1 aliphatic carbocycles. The van der Waals surface area contributed by atoms with Gasteiger partial charge in [-0.15, -0.1) is 0 Å². The summed E-state index contributed by atoms with van der Waals surface area (Å²) in [6.45, 7) is 3.77. The number of phosphoric acid groups is 1. The van der Waals surface area contributed by atoms with Gasteiger partial charge in [-0.05, 0) is 12.8 Å². The van der Waals surface area contributed by atoms with Crippen molar-refractivity contribution in [1.29, 1.82) is 0 Å². The van der Waals surface area contributed by atoms with Gasteiger partial charge in [0.05, 0.1) is 31.3 Å². The van der Waals surface area contributed by atoms with E-state index in [1.54, 1.807) is 0 Å². The van der Waals surface area contributed by atoms with E-state index in [1.165, 1.54) is 109 Å². The predicted octanol–water partition coefficient (Wildman–Crippen LogP) is 6.87. The third-order valence-corrected chi connectivity index (χ3v) is 12.2. The summed E-state index contributed by atoms with van der Waals surface area (Å²) < 4.78 is 22.9. The van der Waals surface area contributed by atoms with Crippen molar-refractivity contribution < 1.29 is 59.0 Å². The highest BCUT2D eigenvalue weighted by atomic mass is 31.2. The molecule has 0 aromatic heterocycles. The summed E-state index contributed by atoms with van der Waals surface area (Å²) in [5, 5.41) is 74.4. The summed E-state index contributed by atoms with van der Waals surface area (Å²) in [6, 6.07) is -1.15. The van der Waals surface area contributed by atoms with Crippen LogP contribution in [-0.4, -0.2) is 108 Å². The van der Waals surface area contributed by atoms with E-state index in [4.69, 9.17) is 9.05 Å². The van der Waals surface area contributed by atoms with Gasteiger partial charge < -0.3 is 46.0 Å². The van der Waals surface area contributed by atoms with Crippen molar-refractivity contribution in [2.24, 2.45) is 0 Å². The first-order valence-electron chi connectivity index (χ1n) is 22.6. The minimum absolute atomic E-state index is 0.216. The van der Waals surface area contributed by atoms with E-state index in [0.717, 1.165) is 51.4 Å². The predicted molar refractivity (Wildman–Crippen MR) is 220 cm³/mol. The lowest BCUT2D eigenvalue weighted by Crippen LogP contribution is -2.64. The third-order valence-electron chi connectivity index (χ3n) is 11.2. The van der Waals surface area contributed by atoms with Crippen molar-refractivity contribution in [2.75, 3.05) is 6.61 Å². The number of phosphoric ester groups is 1. The molecule has 8 atom stereocenters. The smallest absolute Gasteiger partial charge is 0.393 e. The van der Waals surface area contributed by atoms with E-state index in [9.17, 15) is 50.0 Å². The third kappa shape index (κ3) is 25.0. The Morgan fingerprint density at radius 3 is 1.29 bits per heavy atom. The van der Waals surface area contributed by atoms with E-state index in [1.807, 2.05) is 0 Å². The Labute approximate surface area is 339 Å². The van der Waals surface area contributed by atoms with Crippen molar-refractivity contribution in [1.82, 2.24) is 5.32 Å². The van der Waals surface area contributed by atoms with Crippen LogP contribution in [-0.2, 0) is 18.4 Å². The highest BCUT2D eigenvalue weighted by Crippen LogP contribution is 2.47. The van der Waals surface area contributed by atoms with Crippen LogP contribution < -0.4 is 5.32 Å². The van der Waals surface area contributed by atoms with Crippen LogP contribution in [0.25, 0.3) is 0 Å². The summed E-state index contributed by atoms with van der Waals surface area (Å²) >= 11 is 0. The summed E-state index contributed by atoms with van der Waals surface area (Å²) in [5.41, 5.74) is 0. The molecule has 1 aliphatic rings. The standard InChI is InChI=1S/C42H84NO12P/c1-3-5-7-9-11-13-15-16-17-18-20-21-23-25-27-29-33(44)31-36(46)43-34(35(45)30-28-26-24-22-19-14-12-10-8-6-4-2)32-54-56(52,53)55-42-40(50)38(48)37(47)39(49)41(42)51/h33-35,37-42,44-45,47-51H,3-32H2,1-2H3,(H,43,46)(H,52,53). The number of hydrogen-bond acceptors (Lipinski definition) is 11. The first kappa shape index (κ1) is 53.3. The number of carbonyl (C=O) groups is 1. The molecular formula is C42H84NO12P. The van der Waals surface area contributed by atoms with Gasteiger partial charge in [-0.2, -0.15) is 0 Å². The van der Waals surface area contributed by atoms with Crippen LogP contribution in [0.4, 0.5) is 0 Å². The Bertz CT molecular complexity index is 979. The zero-order chi connectivity index (χ0) is 41.6. The Hall–Kier alpha value is -0.700. The molecule has 0 bridgehead atoms. The number of hydrogen-bond donors (Lipinski definition) is 9. The molecule has 1 fully saturated rings. The zero-order valence-electron chi connectivity index (χ0n) is 35.1. The molecule has 13 nitrogen and oxygen atoms in total. The minimum atomic E-state index is -5.11. The van der Waals surface area contributed by atoms with E-state index in [2.05, 4.69) is 19.2 Å². The van der Waals surface area contributed by atoms with Gasteiger partial charge in [0.25, 0.3) is 0 Å². The fourth-order valence-corrected chi connectivity index (χ4v) is 8.45. The fraction of sp³-hybridized carbons (Fsp3) is 0.976. The summed E-state index contributed by atoms with van der Waals surface area (Å²) in [7, 11) is -5.11. The van der Waals surface area contributed by atoms with Crippen LogP contribution in [0.5, 0.6) is 0 Å². The molecular weight excluding hydrogens is 741 g/mol. The maximum Gasteiger partial charge on any atom is 0.472 e. The molecule has 1 rings (SSSR count). The first-order valence-corrected chi connectivity index (χ1v) is 24.1. The van der Waals surface area contributed by atoms with Gasteiger partial charge in [-0.3, -0.25) is 13.8 Å². The van der Waals surface area contributed by atoms with Crippen LogP contribution in [0, 0.1) is 0 Å². The molecule has 56 heavy (non-hydrogen) atoms. The largest absolute Gasteiger partial charge is 0.472 e. The summed E-state index contributed by atoms with van der Waals surface area (Å²) in [4.78, 5) is 23.4. The highest BCUT2D eigenvalue weighted by Gasteiger charge is 2.51. The van der Waals surface area contributed by atoms with Crippen molar-refractivity contribution in [2.45, 2.75) is 255 Å².